The van der Waals surface area contributed by atoms with Crippen LogP contribution in [0.15, 0.2) is 0 Å². The summed E-state index contributed by atoms with van der Waals surface area (Å²) in [6.07, 6.45) is 4.05. The first kappa shape index (κ1) is 19.9. The maximum absolute atomic E-state index is 12.4. The molecule has 0 saturated heterocycles. The van der Waals surface area contributed by atoms with Crippen molar-refractivity contribution in [1.82, 2.24) is 5.32 Å². The molecule has 8 nitrogen and oxygen atoms in total. The smallest absolute Gasteiger partial charge is 0.329 e. The van der Waals surface area contributed by atoms with E-state index in [4.69, 9.17) is 0 Å². The highest BCUT2D eigenvalue weighted by Crippen LogP contribution is 2.24. The van der Waals surface area contributed by atoms with Crippen LogP contribution < -0.4 is 5.32 Å². The Labute approximate surface area is 141 Å². The number of esters is 3. The zero-order valence-corrected chi connectivity index (χ0v) is 14.3. The van der Waals surface area contributed by atoms with Gasteiger partial charge in [-0.15, -0.1) is 0 Å². The van der Waals surface area contributed by atoms with Gasteiger partial charge in [0.25, 0.3) is 0 Å². The zero-order chi connectivity index (χ0) is 18.1. The summed E-state index contributed by atoms with van der Waals surface area (Å²) in [7, 11) is 3.46. The lowest BCUT2D eigenvalue weighted by atomic mass is 9.87. The van der Waals surface area contributed by atoms with Crippen LogP contribution in [0.5, 0.6) is 0 Å². The maximum atomic E-state index is 12.4. The Morgan fingerprint density at radius 3 is 2.00 bits per heavy atom. The van der Waals surface area contributed by atoms with E-state index in [1.54, 1.807) is 0 Å². The van der Waals surface area contributed by atoms with Gasteiger partial charge in [-0.05, 0) is 12.8 Å². The van der Waals surface area contributed by atoms with Crippen LogP contribution in [-0.4, -0.2) is 51.2 Å². The SMILES string of the molecule is COC(=O)C[C@@H](C(=O)OC)[C@@H](NC(=O)C1CCCCC1)C(=O)OC. The van der Waals surface area contributed by atoms with E-state index < -0.39 is 36.3 Å². The van der Waals surface area contributed by atoms with Gasteiger partial charge >= 0.3 is 17.9 Å². The van der Waals surface area contributed by atoms with E-state index in [1.165, 1.54) is 7.11 Å². The van der Waals surface area contributed by atoms with Crippen molar-refractivity contribution in [2.24, 2.45) is 11.8 Å². The van der Waals surface area contributed by atoms with Gasteiger partial charge in [0.05, 0.1) is 33.7 Å². The Kier molecular flexibility index (Phi) is 8.21. The number of hydrogen-bond acceptors (Lipinski definition) is 7. The lowest BCUT2D eigenvalue weighted by Crippen LogP contribution is -2.51. The predicted octanol–water partition coefficient (Wildman–Crippen LogP) is 0.577. The van der Waals surface area contributed by atoms with Crippen molar-refractivity contribution in [3.05, 3.63) is 0 Å². The Balaban J connectivity index is 2.93. The van der Waals surface area contributed by atoms with Crippen molar-refractivity contribution in [2.75, 3.05) is 21.3 Å². The summed E-state index contributed by atoms with van der Waals surface area (Å²) in [5.41, 5.74) is 0. The minimum Gasteiger partial charge on any atom is -0.469 e. The highest BCUT2D eigenvalue weighted by atomic mass is 16.5. The van der Waals surface area contributed by atoms with E-state index in [-0.39, 0.29) is 11.8 Å². The molecule has 0 radical (unpaired) electrons. The second-order valence-corrected chi connectivity index (χ2v) is 5.75. The molecule has 0 aromatic rings. The monoisotopic (exact) mass is 343 g/mol. The van der Waals surface area contributed by atoms with Gasteiger partial charge in [0.1, 0.15) is 6.04 Å². The number of carbonyl (C=O) groups is 4. The number of carbonyl (C=O) groups excluding carboxylic acids is 4. The second kappa shape index (κ2) is 9.89. The standard InChI is InChI=1S/C16H25NO7/c1-22-12(18)9-11(15(20)23-2)13(16(21)24-3)17-14(19)10-7-5-4-6-8-10/h10-11,13H,4-9H2,1-3H3,(H,17,19)/t11-,13-/m1/s1. The molecule has 0 spiro atoms. The molecule has 0 aliphatic heterocycles. The van der Waals surface area contributed by atoms with Crippen LogP contribution in [0, 0.1) is 11.8 Å². The highest BCUT2D eigenvalue weighted by Gasteiger charge is 2.39. The third-order valence-electron chi connectivity index (χ3n) is 4.25. The second-order valence-electron chi connectivity index (χ2n) is 5.75. The maximum Gasteiger partial charge on any atom is 0.329 e. The minimum absolute atomic E-state index is 0.206. The van der Waals surface area contributed by atoms with E-state index in [9.17, 15) is 19.2 Å². The largest absolute Gasteiger partial charge is 0.469 e. The third kappa shape index (κ3) is 5.50. The van der Waals surface area contributed by atoms with Crippen molar-refractivity contribution in [2.45, 2.75) is 44.6 Å². The fourth-order valence-electron chi connectivity index (χ4n) is 2.84. The fourth-order valence-corrected chi connectivity index (χ4v) is 2.84. The van der Waals surface area contributed by atoms with E-state index in [1.807, 2.05) is 0 Å². The van der Waals surface area contributed by atoms with Gasteiger partial charge in [-0.1, -0.05) is 19.3 Å². The molecule has 1 saturated carbocycles. The third-order valence-corrected chi connectivity index (χ3v) is 4.25. The molecular formula is C16H25NO7. The molecule has 1 fully saturated rings. The molecule has 0 unspecified atom stereocenters. The van der Waals surface area contributed by atoms with E-state index >= 15 is 0 Å². The van der Waals surface area contributed by atoms with Crippen molar-refractivity contribution < 1.29 is 33.4 Å². The lowest BCUT2D eigenvalue weighted by Gasteiger charge is -2.27. The van der Waals surface area contributed by atoms with Gasteiger partial charge in [0.15, 0.2) is 0 Å². The first-order valence-electron chi connectivity index (χ1n) is 7.97. The molecule has 2 atom stereocenters. The molecule has 136 valence electrons. The minimum atomic E-state index is -1.30. The first-order valence-corrected chi connectivity index (χ1v) is 7.97. The molecule has 1 aliphatic rings. The molecule has 0 aromatic heterocycles. The Morgan fingerprint density at radius 1 is 0.917 bits per heavy atom. The Morgan fingerprint density at radius 2 is 1.50 bits per heavy atom. The number of nitrogens with one attached hydrogen (secondary N) is 1. The van der Waals surface area contributed by atoms with Gasteiger partial charge < -0.3 is 19.5 Å². The average Bonchev–Trinajstić information content (AvgIpc) is 2.63. The van der Waals surface area contributed by atoms with Crippen molar-refractivity contribution in [3.8, 4) is 0 Å². The quantitative estimate of drug-likeness (QED) is 0.532. The zero-order valence-electron chi connectivity index (χ0n) is 14.3. The van der Waals surface area contributed by atoms with Gasteiger partial charge in [0, 0.05) is 5.92 Å². The predicted molar refractivity (Wildman–Crippen MR) is 82.7 cm³/mol. The van der Waals surface area contributed by atoms with Crippen LogP contribution in [0.4, 0.5) is 0 Å². The summed E-state index contributed by atoms with van der Waals surface area (Å²) in [6.45, 7) is 0. The molecule has 0 aromatic carbocycles. The highest BCUT2D eigenvalue weighted by molar-refractivity contribution is 5.91. The van der Waals surface area contributed by atoms with Crippen LogP contribution in [0.3, 0.4) is 0 Å². The lowest BCUT2D eigenvalue weighted by molar-refractivity contribution is -0.159. The van der Waals surface area contributed by atoms with Crippen LogP contribution in [-0.2, 0) is 33.4 Å². The van der Waals surface area contributed by atoms with Gasteiger partial charge in [-0.25, -0.2) is 4.79 Å². The van der Waals surface area contributed by atoms with Crippen LogP contribution in [0.2, 0.25) is 0 Å². The summed E-state index contributed by atoms with van der Waals surface area (Å²) >= 11 is 0. The number of hydrogen-bond donors (Lipinski definition) is 1. The number of methoxy groups -OCH3 is 3. The van der Waals surface area contributed by atoms with Crippen LogP contribution >= 0.6 is 0 Å². The van der Waals surface area contributed by atoms with E-state index in [0.29, 0.717) is 0 Å². The van der Waals surface area contributed by atoms with Crippen molar-refractivity contribution in [3.63, 3.8) is 0 Å². The van der Waals surface area contributed by atoms with Crippen LogP contribution in [0.1, 0.15) is 38.5 Å². The topological polar surface area (TPSA) is 108 Å². The van der Waals surface area contributed by atoms with Crippen molar-refractivity contribution in [1.29, 1.82) is 0 Å². The molecule has 1 aliphatic carbocycles. The summed E-state index contributed by atoms with van der Waals surface area (Å²) in [4.78, 5) is 48.0. The first-order chi connectivity index (χ1) is 11.4. The van der Waals surface area contributed by atoms with Crippen molar-refractivity contribution >= 4 is 23.8 Å². The van der Waals surface area contributed by atoms with Gasteiger partial charge in [0.2, 0.25) is 5.91 Å². The number of ether oxygens (including phenoxy) is 3. The molecule has 0 bridgehead atoms. The average molecular weight is 343 g/mol. The van der Waals surface area contributed by atoms with E-state index in [0.717, 1.165) is 46.3 Å². The van der Waals surface area contributed by atoms with Gasteiger partial charge in [-0.3, -0.25) is 14.4 Å². The Bertz CT molecular complexity index is 471. The Hall–Kier alpha value is -2.12. The molecule has 0 heterocycles. The molecule has 24 heavy (non-hydrogen) atoms. The van der Waals surface area contributed by atoms with Crippen LogP contribution in [0.25, 0.3) is 0 Å². The number of amides is 1. The summed E-state index contributed by atoms with van der Waals surface area (Å²) in [5.74, 6) is -4.02. The molecule has 8 heteroatoms. The molecular weight excluding hydrogens is 318 g/mol. The summed E-state index contributed by atoms with van der Waals surface area (Å²) in [5, 5.41) is 2.56. The normalized spacial score (nSPS) is 17.3. The number of rotatable bonds is 7. The fraction of sp³-hybridized carbons (Fsp3) is 0.750. The molecule has 1 rings (SSSR count). The van der Waals surface area contributed by atoms with E-state index in [2.05, 4.69) is 19.5 Å². The molecule has 1 amide bonds. The summed E-state index contributed by atoms with van der Waals surface area (Å²) < 4.78 is 13.9. The summed E-state index contributed by atoms with van der Waals surface area (Å²) in [6, 6.07) is -1.30. The van der Waals surface area contributed by atoms with Gasteiger partial charge in [-0.2, -0.15) is 0 Å². The molecule has 1 N–H and O–H groups in total.